The summed E-state index contributed by atoms with van der Waals surface area (Å²) in [5, 5.41) is 0. The van der Waals surface area contributed by atoms with Gasteiger partial charge in [0, 0.05) is 0 Å². The molecule has 2 nitrogen and oxygen atoms in total. The summed E-state index contributed by atoms with van der Waals surface area (Å²) in [5.41, 5.74) is 5.84. The molecule has 8 bridgehead atoms. The third kappa shape index (κ3) is 0.469. The Bertz CT molecular complexity index is 364. The molecule has 0 saturated heterocycles. The average Bonchev–Trinajstić information content (AvgIpc) is 2.97. The fraction of sp³-hybridized carbons (Fsp3) is 0.923. The lowest BCUT2D eigenvalue weighted by Crippen LogP contribution is -2.50. The standard InChI is InChI=1S/C13H17NO/c14-12(15)13-7-3-1-5-9(7)10-6(11(5)13)2-4-8(10)13/h5-11H,1-4H2,(H2,14,15)/t5-,6+,7+,8-,9-,10+,11?,13?. The number of primary amides is 1. The molecule has 0 heterocycles. The van der Waals surface area contributed by atoms with E-state index >= 15 is 0 Å². The van der Waals surface area contributed by atoms with Crippen LogP contribution in [0.25, 0.3) is 0 Å². The van der Waals surface area contributed by atoms with Gasteiger partial charge in [0.25, 0.3) is 0 Å². The normalized spacial score (nSPS) is 71.1. The van der Waals surface area contributed by atoms with E-state index in [0.29, 0.717) is 0 Å². The van der Waals surface area contributed by atoms with Crippen LogP contribution in [0.15, 0.2) is 0 Å². The number of carbonyl (C=O) groups is 1. The van der Waals surface area contributed by atoms with Crippen molar-refractivity contribution in [3.05, 3.63) is 0 Å². The van der Waals surface area contributed by atoms with Gasteiger partial charge in [0.05, 0.1) is 5.41 Å². The van der Waals surface area contributed by atoms with E-state index in [1.54, 1.807) is 0 Å². The van der Waals surface area contributed by atoms with Crippen molar-refractivity contribution >= 4 is 5.91 Å². The van der Waals surface area contributed by atoms with Crippen LogP contribution in [0.1, 0.15) is 25.7 Å². The fourth-order valence-electron chi connectivity index (χ4n) is 7.50. The number of nitrogens with two attached hydrogens (primary N) is 1. The SMILES string of the molecule is NC(=O)C12C3[C@H]4CC[C@@H]1[C@H]4[C@@H]1[C@H]3CC[C@@H]12. The summed E-state index contributed by atoms with van der Waals surface area (Å²) in [6, 6.07) is 0. The highest BCUT2D eigenvalue weighted by atomic mass is 16.1. The van der Waals surface area contributed by atoms with Crippen LogP contribution in [-0.4, -0.2) is 5.91 Å². The van der Waals surface area contributed by atoms with Gasteiger partial charge < -0.3 is 5.73 Å². The molecule has 6 aliphatic rings. The molecule has 80 valence electrons. The minimum Gasteiger partial charge on any atom is -0.369 e. The first-order valence-corrected chi connectivity index (χ1v) is 6.58. The van der Waals surface area contributed by atoms with E-state index in [9.17, 15) is 4.79 Å². The van der Waals surface area contributed by atoms with E-state index in [-0.39, 0.29) is 11.3 Å². The zero-order valence-electron chi connectivity index (χ0n) is 8.86. The maximum atomic E-state index is 12.0. The molecular weight excluding hydrogens is 186 g/mol. The molecule has 6 saturated carbocycles. The molecule has 6 fully saturated rings. The largest absolute Gasteiger partial charge is 0.369 e. The molecule has 8 atom stereocenters. The molecule has 0 aromatic heterocycles. The quantitative estimate of drug-likeness (QED) is 0.687. The summed E-state index contributed by atoms with van der Waals surface area (Å²) < 4.78 is 0. The van der Waals surface area contributed by atoms with Crippen LogP contribution in [0.3, 0.4) is 0 Å². The Labute approximate surface area is 89.6 Å². The Hall–Kier alpha value is -0.530. The van der Waals surface area contributed by atoms with Gasteiger partial charge in [-0.3, -0.25) is 4.79 Å². The molecule has 2 N–H and O–H groups in total. The van der Waals surface area contributed by atoms with E-state index in [4.69, 9.17) is 5.73 Å². The van der Waals surface area contributed by atoms with Crippen LogP contribution in [-0.2, 0) is 4.79 Å². The summed E-state index contributed by atoms with van der Waals surface area (Å²) in [4.78, 5) is 12.0. The molecular formula is C13H17NO. The molecule has 1 amide bonds. The van der Waals surface area contributed by atoms with Gasteiger partial charge >= 0.3 is 0 Å². The van der Waals surface area contributed by atoms with Gasteiger partial charge in [-0.15, -0.1) is 0 Å². The van der Waals surface area contributed by atoms with E-state index in [2.05, 4.69) is 0 Å². The van der Waals surface area contributed by atoms with Gasteiger partial charge in [-0.25, -0.2) is 0 Å². The smallest absolute Gasteiger partial charge is 0.224 e. The maximum Gasteiger partial charge on any atom is 0.224 e. The average molecular weight is 203 g/mol. The molecule has 6 aliphatic carbocycles. The highest BCUT2D eigenvalue weighted by molar-refractivity contribution is 5.85. The predicted octanol–water partition coefficient (Wildman–Crippen LogP) is 1.40. The first-order valence-electron chi connectivity index (χ1n) is 6.58. The predicted molar refractivity (Wildman–Crippen MR) is 54.5 cm³/mol. The second kappa shape index (κ2) is 1.87. The van der Waals surface area contributed by atoms with Crippen LogP contribution in [0, 0.1) is 46.8 Å². The molecule has 0 aromatic rings. The number of amides is 1. The van der Waals surface area contributed by atoms with Gasteiger partial charge in [0.15, 0.2) is 0 Å². The van der Waals surface area contributed by atoms with Crippen LogP contribution in [0.2, 0.25) is 0 Å². The lowest BCUT2D eigenvalue weighted by molar-refractivity contribution is -0.138. The summed E-state index contributed by atoms with van der Waals surface area (Å²) >= 11 is 0. The van der Waals surface area contributed by atoms with Crippen LogP contribution in [0.4, 0.5) is 0 Å². The third-order valence-electron chi connectivity index (χ3n) is 7.11. The van der Waals surface area contributed by atoms with E-state index in [0.717, 1.165) is 41.4 Å². The lowest BCUT2D eigenvalue weighted by Gasteiger charge is -2.44. The van der Waals surface area contributed by atoms with Crippen molar-refractivity contribution in [2.75, 3.05) is 0 Å². The molecule has 2 unspecified atom stereocenters. The molecule has 0 aromatic carbocycles. The van der Waals surface area contributed by atoms with Crippen molar-refractivity contribution in [1.82, 2.24) is 0 Å². The summed E-state index contributed by atoms with van der Waals surface area (Å²) in [6.07, 6.45) is 5.45. The Morgan fingerprint density at radius 3 is 1.93 bits per heavy atom. The van der Waals surface area contributed by atoms with Crippen molar-refractivity contribution < 1.29 is 4.79 Å². The van der Waals surface area contributed by atoms with Crippen molar-refractivity contribution in [3.63, 3.8) is 0 Å². The number of carbonyl (C=O) groups excluding carboxylic acids is 1. The van der Waals surface area contributed by atoms with Gasteiger partial charge in [0.2, 0.25) is 5.91 Å². The Balaban J connectivity index is 1.82. The highest BCUT2D eigenvalue weighted by Crippen LogP contribution is 2.87. The Morgan fingerprint density at radius 1 is 1.00 bits per heavy atom. The number of hydrogen-bond donors (Lipinski definition) is 1. The zero-order chi connectivity index (χ0) is 9.95. The first kappa shape index (κ1) is 7.70. The minimum absolute atomic E-state index is 0.0150. The van der Waals surface area contributed by atoms with Crippen molar-refractivity contribution in [3.8, 4) is 0 Å². The highest BCUT2D eigenvalue weighted by Gasteiger charge is 2.85. The molecule has 15 heavy (non-hydrogen) atoms. The van der Waals surface area contributed by atoms with Crippen LogP contribution < -0.4 is 5.73 Å². The topological polar surface area (TPSA) is 43.1 Å². The Kier molecular flexibility index (Phi) is 0.959. The van der Waals surface area contributed by atoms with Gasteiger partial charge in [0.1, 0.15) is 0 Å². The molecule has 0 spiro atoms. The number of rotatable bonds is 1. The van der Waals surface area contributed by atoms with Crippen molar-refractivity contribution in [2.24, 2.45) is 52.6 Å². The van der Waals surface area contributed by atoms with E-state index < -0.39 is 0 Å². The van der Waals surface area contributed by atoms with E-state index in [1.807, 2.05) is 0 Å². The molecule has 0 radical (unpaired) electrons. The molecule has 0 aliphatic heterocycles. The van der Waals surface area contributed by atoms with Gasteiger partial charge in [-0.2, -0.15) is 0 Å². The summed E-state index contributed by atoms with van der Waals surface area (Å²) in [7, 11) is 0. The Morgan fingerprint density at radius 2 is 1.53 bits per heavy atom. The summed E-state index contributed by atoms with van der Waals surface area (Å²) in [6.45, 7) is 0. The monoisotopic (exact) mass is 203 g/mol. The van der Waals surface area contributed by atoms with Crippen LogP contribution in [0.5, 0.6) is 0 Å². The van der Waals surface area contributed by atoms with E-state index in [1.165, 1.54) is 25.7 Å². The van der Waals surface area contributed by atoms with Gasteiger partial charge in [-0.05, 0) is 67.1 Å². The van der Waals surface area contributed by atoms with Crippen molar-refractivity contribution in [1.29, 1.82) is 0 Å². The molecule has 2 heteroatoms. The lowest BCUT2D eigenvalue weighted by atomic mass is 9.59. The zero-order valence-corrected chi connectivity index (χ0v) is 8.86. The fourth-order valence-corrected chi connectivity index (χ4v) is 7.50. The van der Waals surface area contributed by atoms with Crippen molar-refractivity contribution in [2.45, 2.75) is 25.7 Å². The number of hydrogen-bond acceptors (Lipinski definition) is 1. The van der Waals surface area contributed by atoms with Gasteiger partial charge in [-0.1, -0.05) is 0 Å². The molecule has 6 rings (SSSR count). The van der Waals surface area contributed by atoms with Crippen LogP contribution >= 0.6 is 0 Å². The maximum absolute atomic E-state index is 12.0. The third-order valence-corrected chi connectivity index (χ3v) is 7.11. The summed E-state index contributed by atoms with van der Waals surface area (Å²) in [5.74, 6) is 5.94. The first-order chi connectivity index (χ1) is 7.28. The second-order valence-corrected chi connectivity index (χ2v) is 6.67. The second-order valence-electron chi connectivity index (χ2n) is 6.67. The minimum atomic E-state index is 0.0150.